The van der Waals surface area contributed by atoms with Gasteiger partial charge in [-0.05, 0) is 41.7 Å². The molecule has 1 aliphatic rings. The van der Waals surface area contributed by atoms with Crippen LogP contribution in [0.2, 0.25) is 0 Å². The number of hydrogen-bond acceptors (Lipinski definition) is 3. The minimum Gasteiger partial charge on any atom is -0.497 e. The number of methoxy groups -OCH3 is 1. The van der Waals surface area contributed by atoms with E-state index in [-0.39, 0.29) is 0 Å². The lowest BCUT2D eigenvalue weighted by atomic mass is 9.74. The average molecular weight is 283 g/mol. The minimum atomic E-state index is -0.624. The largest absolute Gasteiger partial charge is 0.497 e. The summed E-state index contributed by atoms with van der Waals surface area (Å²) in [5.74, 6) is 0.755. The van der Waals surface area contributed by atoms with E-state index >= 15 is 0 Å². The van der Waals surface area contributed by atoms with Gasteiger partial charge in [0.2, 0.25) is 0 Å². The Kier molecular flexibility index (Phi) is 3.70. The Morgan fingerprint density at radius 2 is 2.05 bits per heavy atom. The molecule has 0 bridgehead atoms. The highest BCUT2D eigenvalue weighted by Crippen LogP contribution is 2.47. The van der Waals surface area contributed by atoms with Gasteiger partial charge in [0, 0.05) is 12.0 Å². The molecule has 0 radical (unpaired) electrons. The molecule has 0 fully saturated rings. The third-order valence-electron chi connectivity index (χ3n) is 4.69. The molecular weight excluding hydrogens is 262 g/mol. The number of ether oxygens (including phenoxy) is 1. The monoisotopic (exact) mass is 283 g/mol. The van der Waals surface area contributed by atoms with E-state index in [4.69, 9.17) is 10.5 Å². The first-order chi connectivity index (χ1) is 10.2. The number of aliphatic hydroxyl groups is 1. The fraction of sp³-hybridized carbons (Fsp3) is 0.333. The quantitative estimate of drug-likeness (QED) is 0.906. The van der Waals surface area contributed by atoms with Gasteiger partial charge >= 0.3 is 0 Å². The van der Waals surface area contributed by atoms with Gasteiger partial charge in [0.25, 0.3) is 0 Å². The number of rotatable bonds is 4. The Hall–Kier alpha value is -1.84. The Morgan fingerprint density at radius 1 is 1.24 bits per heavy atom. The summed E-state index contributed by atoms with van der Waals surface area (Å²) in [7, 11) is 1.63. The predicted octanol–water partition coefficient (Wildman–Crippen LogP) is 2.57. The third-order valence-corrected chi connectivity index (χ3v) is 4.69. The first-order valence-corrected chi connectivity index (χ1v) is 7.32. The second-order valence-corrected chi connectivity index (χ2v) is 5.70. The molecule has 0 aliphatic heterocycles. The molecule has 0 aromatic heterocycles. The normalized spacial score (nSPS) is 21.9. The van der Waals surface area contributed by atoms with E-state index in [1.54, 1.807) is 7.11 Å². The Labute approximate surface area is 125 Å². The summed E-state index contributed by atoms with van der Waals surface area (Å²) in [5, 5.41) is 11.0. The fourth-order valence-corrected chi connectivity index (χ4v) is 3.45. The summed E-state index contributed by atoms with van der Waals surface area (Å²) in [5.41, 5.74) is 9.04. The zero-order valence-electron chi connectivity index (χ0n) is 12.3. The van der Waals surface area contributed by atoms with Gasteiger partial charge < -0.3 is 15.6 Å². The van der Waals surface area contributed by atoms with E-state index in [2.05, 4.69) is 12.1 Å². The van der Waals surface area contributed by atoms with Gasteiger partial charge in [-0.15, -0.1) is 0 Å². The van der Waals surface area contributed by atoms with Crippen molar-refractivity contribution in [2.24, 2.45) is 5.73 Å². The number of aliphatic hydroxyl groups excluding tert-OH is 1. The maximum absolute atomic E-state index is 11.0. The van der Waals surface area contributed by atoms with Gasteiger partial charge in [-0.3, -0.25) is 0 Å². The summed E-state index contributed by atoms with van der Waals surface area (Å²) in [6, 6.07) is 15.9. The van der Waals surface area contributed by atoms with E-state index in [0.717, 1.165) is 24.2 Å². The van der Waals surface area contributed by atoms with E-state index < -0.39 is 11.5 Å². The van der Waals surface area contributed by atoms with Crippen molar-refractivity contribution in [2.45, 2.75) is 24.4 Å². The predicted molar refractivity (Wildman–Crippen MR) is 83.4 cm³/mol. The molecule has 110 valence electrons. The van der Waals surface area contributed by atoms with Crippen LogP contribution in [0.25, 0.3) is 0 Å². The Balaban J connectivity index is 2.04. The van der Waals surface area contributed by atoms with Crippen molar-refractivity contribution < 1.29 is 9.84 Å². The summed E-state index contributed by atoms with van der Waals surface area (Å²) in [6.07, 6.45) is 1.22. The summed E-state index contributed by atoms with van der Waals surface area (Å²) in [4.78, 5) is 0. The minimum absolute atomic E-state index is 0.400. The van der Waals surface area contributed by atoms with Crippen LogP contribution < -0.4 is 10.5 Å². The average Bonchev–Trinajstić information content (AvgIpc) is 2.94. The molecule has 2 aromatic rings. The third kappa shape index (κ3) is 2.23. The lowest BCUT2D eigenvalue weighted by Gasteiger charge is -2.34. The van der Waals surface area contributed by atoms with Crippen LogP contribution in [0, 0.1) is 0 Å². The maximum atomic E-state index is 11.0. The highest BCUT2D eigenvalue weighted by Gasteiger charge is 2.44. The van der Waals surface area contributed by atoms with Gasteiger partial charge in [-0.1, -0.05) is 36.4 Å². The first-order valence-electron chi connectivity index (χ1n) is 7.32. The van der Waals surface area contributed by atoms with Crippen molar-refractivity contribution in [3.05, 3.63) is 65.2 Å². The maximum Gasteiger partial charge on any atom is 0.119 e. The van der Waals surface area contributed by atoms with Gasteiger partial charge in [0.05, 0.1) is 13.2 Å². The van der Waals surface area contributed by atoms with Crippen LogP contribution in [0.3, 0.4) is 0 Å². The molecule has 3 rings (SSSR count). The number of benzene rings is 2. The smallest absolute Gasteiger partial charge is 0.119 e. The van der Waals surface area contributed by atoms with Crippen molar-refractivity contribution in [3.63, 3.8) is 0 Å². The van der Waals surface area contributed by atoms with Gasteiger partial charge in [-0.25, -0.2) is 0 Å². The van der Waals surface area contributed by atoms with Crippen LogP contribution in [0.15, 0.2) is 48.5 Å². The van der Waals surface area contributed by atoms with Crippen LogP contribution in [0.5, 0.6) is 5.75 Å². The second-order valence-electron chi connectivity index (χ2n) is 5.70. The molecule has 0 amide bonds. The molecule has 0 saturated heterocycles. The molecule has 2 unspecified atom stereocenters. The van der Waals surface area contributed by atoms with E-state index in [1.807, 2.05) is 36.4 Å². The molecular formula is C18H21NO2. The summed E-state index contributed by atoms with van der Waals surface area (Å²) < 4.78 is 5.26. The molecule has 21 heavy (non-hydrogen) atoms. The Bertz CT molecular complexity index is 641. The van der Waals surface area contributed by atoms with E-state index in [0.29, 0.717) is 6.54 Å². The lowest BCUT2D eigenvalue weighted by molar-refractivity contribution is 0.0838. The molecule has 2 atom stereocenters. The van der Waals surface area contributed by atoms with Crippen molar-refractivity contribution in [3.8, 4) is 5.75 Å². The molecule has 0 saturated carbocycles. The molecule has 3 heteroatoms. The molecule has 1 aliphatic carbocycles. The zero-order chi connectivity index (χ0) is 14.9. The second kappa shape index (κ2) is 5.51. The highest BCUT2D eigenvalue weighted by molar-refractivity contribution is 5.44. The highest BCUT2D eigenvalue weighted by atomic mass is 16.5. The molecule has 0 heterocycles. The van der Waals surface area contributed by atoms with Crippen molar-refractivity contribution >= 4 is 0 Å². The SMILES string of the molecule is COc1cccc(C(O)C2(CN)CCc3ccccc32)c1. The first kappa shape index (κ1) is 14.1. The van der Waals surface area contributed by atoms with Crippen LogP contribution in [0.4, 0.5) is 0 Å². The van der Waals surface area contributed by atoms with Crippen molar-refractivity contribution in [2.75, 3.05) is 13.7 Å². The van der Waals surface area contributed by atoms with Gasteiger partial charge in [0.1, 0.15) is 5.75 Å². The van der Waals surface area contributed by atoms with Gasteiger partial charge in [0.15, 0.2) is 0 Å². The molecule has 3 nitrogen and oxygen atoms in total. The summed E-state index contributed by atoms with van der Waals surface area (Å²) in [6.45, 7) is 0.433. The lowest BCUT2D eigenvalue weighted by Crippen LogP contribution is -2.39. The van der Waals surface area contributed by atoms with Crippen LogP contribution in [-0.2, 0) is 11.8 Å². The van der Waals surface area contributed by atoms with Crippen molar-refractivity contribution in [1.82, 2.24) is 0 Å². The Morgan fingerprint density at radius 3 is 2.81 bits per heavy atom. The fourth-order valence-electron chi connectivity index (χ4n) is 3.45. The number of hydrogen-bond donors (Lipinski definition) is 2. The number of aryl methyl sites for hydroxylation is 1. The van der Waals surface area contributed by atoms with Crippen LogP contribution >= 0.6 is 0 Å². The van der Waals surface area contributed by atoms with E-state index in [1.165, 1.54) is 11.1 Å². The van der Waals surface area contributed by atoms with Crippen molar-refractivity contribution in [1.29, 1.82) is 0 Å². The number of fused-ring (bicyclic) bond motifs is 1. The molecule has 0 spiro atoms. The summed E-state index contributed by atoms with van der Waals surface area (Å²) >= 11 is 0. The topological polar surface area (TPSA) is 55.5 Å². The molecule has 2 aromatic carbocycles. The van der Waals surface area contributed by atoms with Crippen LogP contribution in [0.1, 0.15) is 29.2 Å². The van der Waals surface area contributed by atoms with Crippen LogP contribution in [-0.4, -0.2) is 18.8 Å². The standard InChI is InChI=1S/C18H21NO2/c1-21-15-7-4-6-14(11-15)17(20)18(12-19)10-9-13-5-2-3-8-16(13)18/h2-8,11,17,20H,9-10,12,19H2,1H3. The molecule has 3 N–H and O–H groups in total. The zero-order valence-corrected chi connectivity index (χ0v) is 12.3. The van der Waals surface area contributed by atoms with E-state index in [9.17, 15) is 5.11 Å². The number of nitrogens with two attached hydrogens (primary N) is 1. The van der Waals surface area contributed by atoms with Gasteiger partial charge in [-0.2, -0.15) is 0 Å².